The summed E-state index contributed by atoms with van der Waals surface area (Å²) in [5.41, 5.74) is 4.31. The molecule has 0 saturated carbocycles. The fraction of sp³-hybridized carbons (Fsp3) is 0.273. The highest BCUT2D eigenvalue weighted by Gasteiger charge is 2.24. The molecule has 0 bridgehead atoms. The van der Waals surface area contributed by atoms with Crippen molar-refractivity contribution in [2.45, 2.75) is 13.8 Å². The number of rotatable bonds is 4. The summed E-state index contributed by atoms with van der Waals surface area (Å²) < 4.78 is 7.92. The van der Waals surface area contributed by atoms with Crippen molar-refractivity contribution in [3.63, 3.8) is 0 Å². The van der Waals surface area contributed by atoms with Gasteiger partial charge in [0, 0.05) is 30.4 Å². The molecule has 0 aliphatic carbocycles. The number of hydrogen-bond acceptors (Lipinski definition) is 7. The summed E-state index contributed by atoms with van der Waals surface area (Å²) >= 11 is 1.22. The van der Waals surface area contributed by atoms with Crippen molar-refractivity contribution in [3.05, 3.63) is 52.5 Å². The van der Waals surface area contributed by atoms with Crippen LogP contribution in [0.15, 0.2) is 36.5 Å². The van der Waals surface area contributed by atoms with Crippen LogP contribution < -0.4 is 4.90 Å². The van der Waals surface area contributed by atoms with Crippen molar-refractivity contribution in [2.24, 2.45) is 0 Å². The van der Waals surface area contributed by atoms with Gasteiger partial charge in [-0.05, 0) is 26.0 Å². The van der Waals surface area contributed by atoms with Gasteiger partial charge >= 0.3 is 5.97 Å². The van der Waals surface area contributed by atoms with Crippen LogP contribution in [0.3, 0.4) is 0 Å². The Bertz CT molecular complexity index is 1290. The number of hydrogen-bond donors (Lipinski definition) is 1. The van der Waals surface area contributed by atoms with E-state index in [9.17, 15) is 9.90 Å². The van der Waals surface area contributed by atoms with E-state index in [-0.39, 0.29) is 4.88 Å². The Balaban J connectivity index is 1.65. The van der Waals surface area contributed by atoms with Gasteiger partial charge < -0.3 is 14.7 Å². The lowest BCUT2D eigenvalue weighted by Gasteiger charge is -2.28. The molecular weight excluding hydrogens is 414 g/mol. The molecule has 0 radical (unpaired) electrons. The first-order chi connectivity index (χ1) is 15.0. The molecule has 0 atom stereocenters. The molecule has 158 valence electrons. The average Bonchev–Trinajstić information content (AvgIpc) is 3.39. The zero-order valence-corrected chi connectivity index (χ0v) is 18.0. The standard InChI is InChI=1S/C22H21N5O3S/c1-13-4-3-5-15(12-13)16-6-7-27(25-16)22-23-17-14(2)18(21(28)29)31-19(17)20(24-22)26-8-10-30-11-9-26/h3-7,12H,8-11H2,1-2H3,(H,28,29). The summed E-state index contributed by atoms with van der Waals surface area (Å²) in [4.78, 5) is 23.7. The summed E-state index contributed by atoms with van der Waals surface area (Å²) in [6.07, 6.45) is 1.84. The zero-order chi connectivity index (χ0) is 21.5. The molecule has 1 fully saturated rings. The maximum absolute atomic E-state index is 11.7. The Hall–Kier alpha value is -3.30. The number of aromatic carboxylic acids is 1. The van der Waals surface area contributed by atoms with Crippen molar-refractivity contribution in [3.8, 4) is 17.2 Å². The minimum atomic E-state index is -0.948. The molecule has 5 rings (SSSR count). The molecule has 1 aliphatic rings. The topological polar surface area (TPSA) is 93.4 Å². The molecule has 1 N–H and O–H groups in total. The zero-order valence-electron chi connectivity index (χ0n) is 17.2. The van der Waals surface area contributed by atoms with Gasteiger partial charge in [0.05, 0.1) is 29.1 Å². The van der Waals surface area contributed by atoms with Crippen LogP contribution >= 0.6 is 11.3 Å². The van der Waals surface area contributed by atoms with Crippen LogP contribution in [0.1, 0.15) is 20.8 Å². The van der Waals surface area contributed by atoms with Gasteiger partial charge in [-0.3, -0.25) is 0 Å². The molecule has 1 saturated heterocycles. The lowest BCUT2D eigenvalue weighted by molar-refractivity contribution is 0.0701. The highest BCUT2D eigenvalue weighted by Crippen LogP contribution is 2.36. The van der Waals surface area contributed by atoms with E-state index in [1.165, 1.54) is 11.3 Å². The van der Waals surface area contributed by atoms with E-state index < -0.39 is 5.97 Å². The Morgan fingerprint density at radius 2 is 1.97 bits per heavy atom. The fourth-order valence-corrected chi connectivity index (χ4v) is 4.85. The van der Waals surface area contributed by atoms with Gasteiger partial charge in [0.1, 0.15) is 4.88 Å². The monoisotopic (exact) mass is 435 g/mol. The molecule has 0 unspecified atom stereocenters. The molecule has 4 heterocycles. The lowest BCUT2D eigenvalue weighted by atomic mass is 10.1. The van der Waals surface area contributed by atoms with Gasteiger partial charge in [0.2, 0.25) is 0 Å². The largest absolute Gasteiger partial charge is 0.477 e. The molecule has 8 nitrogen and oxygen atoms in total. The van der Waals surface area contributed by atoms with E-state index in [1.54, 1.807) is 11.6 Å². The van der Waals surface area contributed by atoms with Gasteiger partial charge in [0.15, 0.2) is 5.82 Å². The van der Waals surface area contributed by atoms with Gasteiger partial charge in [-0.25, -0.2) is 14.5 Å². The number of fused-ring (bicyclic) bond motifs is 1. The molecule has 9 heteroatoms. The molecular formula is C22H21N5O3S. The van der Waals surface area contributed by atoms with E-state index in [1.807, 2.05) is 37.4 Å². The Morgan fingerprint density at radius 3 is 2.71 bits per heavy atom. The average molecular weight is 436 g/mol. The van der Waals surface area contributed by atoms with Crippen molar-refractivity contribution in [1.29, 1.82) is 0 Å². The SMILES string of the molecule is Cc1cccc(-c2ccn(-c3nc(N4CCOCC4)c4sc(C(=O)O)c(C)c4n3)n2)c1. The number of carboxylic acid groups (broad SMARTS) is 1. The first-order valence-corrected chi connectivity index (χ1v) is 10.8. The molecule has 31 heavy (non-hydrogen) atoms. The third-order valence-corrected chi connectivity index (χ3v) is 6.61. The quantitative estimate of drug-likeness (QED) is 0.522. The second-order valence-electron chi connectivity index (χ2n) is 7.50. The molecule has 3 aromatic heterocycles. The van der Waals surface area contributed by atoms with E-state index in [2.05, 4.69) is 11.0 Å². The predicted octanol–water partition coefficient (Wildman–Crippen LogP) is 3.70. The fourth-order valence-electron chi connectivity index (χ4n) is 3.75. The van der Waals surface area contributed by atoms with Crippen molar-refractivity contribution in [1.82, 2.24) is 19.7 Å². The van der Waals surface area contributed by atoms with Crippen LogP contribution in [-0.4, -0.2) is 57.1 Å². The minimum absolute atomic E-state index is 0.289. The summed E-state index contributed by atoms with van der Waals surface area (Å²) in [5, 5.41) is 14.3. The van der Waals surface area contributed by atoms with Crippen LogP contribution in [0.4, 0.5) is 5.82 Å². The smallest absolute Gasteiger partial charge is 0.346 e. The number of anilines is 1. The lowest BCUT2D eigenvalue weighted by Crippen LogP contribution is -2.37. The van der Waals surface area contributed by atoms with Crippen LogP contribution in [0.2, 0.25) is 0 Å². The second kappa shape index (κ2) is 7.75. The maximum atomic E-state index is 11.7. The normalized spacial score (nSPS) is 14.3. The predicted molar refractivity (Wildman–Crippen MR) is 119 cm³/mol. The number of nitrogens with zero attached hydrogens (tertiary/aromatic N) is 5. The van der Waals surface area contributed by atoms with Crippen LogP contribution in [0.5, 0.6) is 0 Å². The number of morpholine rings is 1. The number of thiophene rings is 1. The number of ether oxygens (including phenoxy) is 1. The van der Waals surface area contributed by atoms with Crippen molar-refractivity contribution in [2.75, 3.05) is 31.2 Å². The Kier molecular flexibility index (Phi) is 4.91. The first kappa shape index (κ1) is 19.7. The first-order valence-electron chi connectivity index (χ1n) is 10.0. The van der Waals surface area contributed by atoms with E-state index in [0.717, 1.165) is 27.3 Å². The number of benzene rings is 1. The van der Waals surface area contributed by atoms with Crippen LogP contribution in [-0.2, 0) is 4.74 Å². The highest BCUT2D eigenvalue weighted by atomic mass is 32.1. The molecule has 0 spiro atoms. The second-order valence-corrected chi connectivity index (χ2v) is 8.52. The molecule has 1 aromatic carbocycles. The molecule has 1 aliphatic heterocycles. The Labute approximate surface area is 182 Å². The summed E-state index contributed by atoms with van der Waals surface area (Å²) in [7, 11) is 0. The Morgan fingerprint density at radius 1 is 1.16 bits per heavy atom. The number of aromatic nitrogens is 4. The minimum Gasteiger partial charge on any atom is -0.477 e. The van der Waals surface area contributed by atoms with Crippen molar-refractivity contribution >= 4 is 33.3 Å². The summed E-state index contributed by atoms with van der Waals surface area (Å²) in [6.45, 7) is 6.44. The van der Waals surface area contributed by atoms with Crippen molar-refractivity contribution < 1.29 is 14.6 Å². The van der Waals surface area contributed by atoms with Crippen LogP contribution in [0.25, 0.3) is 27.4 Å². The van der Waals surface area contributed by atoms with E-state index in [0.29, 0.717) is 43.3 Å². The number of aryl methyl sites for hydroxylation is 2. The van der Waals surface area contributed by atoms with Gasteiger partial charge in [-0.15, -0.1) is 11.3 Å². The third-order valence-electron chi connectivity index (χ3n) is 5.35. The van der Waals surface area contributed by atoms with E-state index >= 15 is 0 Å². The summed E-state index contributed by atoms with van der Waals surface area (Å²) in [5.74, 6) is 0.207. The third kappa shape index (κ3) is 3.55. The van der Waals surface area contributed by atoms with Gasteiger partial charge in [-0.2, -0.15) is 10.1 Å². The van der Waals surface area contributed by atoms with E-state index in [4.69, 9.17) is 19.8 Å². The van der Waals surface area contributed by atoms with Gasteiger partial charge in [0.25, 0.3) is 5.95 Å². The number of carboxylic acids is 1. The summed E-state index contributed by atoms with van der Waals surface area (Å²) in [6, 6.07) is 10.1. The highest BCUT2D eigenvalue weighted by molar-refractivity contribution is 7.21. The van der Waals surface area contributed by atoms with Gasteiger partial charge in [-0.1, -0.05) is 23.8 Å². The maximum Gasteiger partial charge on any atom is 0.346 e. The number of carbonyl (C=O) groups is 1. The van der Waals surface area contributed by atoms with Crippen LogP contribution in [0, 0.1) is 13.8 Å². The molecule has 4 aromatic rings. The molecule has 0 amide bonds.